The molecule has 0 fully saturated rings. The SMILES string of the molecule is COc1ccc(S(=O)(=O)N(CC(=O)N(Cc2ccccc2)[C@@H](Cc2ccccc2)C(=O)NC(C)C)c2ccccc2)cc1. The van der Waals surface area contributed by atoms with E-state index in [4.69, 9.17) is 4.74 Å². The molecule has 224 valence electrons. The molecule has 0 radical (unpaired) electrons. The lowest BCUT2D eigenvalue weighted by molar-refractivity contribution is -0.140. The molecule has 9 heteroatoms. The summed E-state index contributed by atoms with van der Waals surface area (Å²) in [6.45, 7) is 3.33. The van der Waals surface area contributed by atoms with E-state index in [1.54, 1.807) is 42.5 Å². The van der Waals surface area contributed by atoms with Crippen molar-refractivity contribution in [2.45, 2.75) is 43.8 Å². The highest BCUT2D eigenvalue weighted by Crippen LogP contribution is 2.26. The number of methoxy groups -OCH3 is 1. The molecule has 4 aromatic rings. The lowest BCUT2D eigenvalue weighted by atomic mass is 10.0. The van der Waals surface area contributed by atoms with E-state index in [1.165, 1.54) is 24.1 Å². The Balaban J connectivity index is 1.77. The van der Waals surface area contributed by atoms with E-state index in [0.717, 1.165) is 15.4 Å². The Hall–Kier alpha value is -4.63. The van der Waals surface area contributed by atoms with Gasteiger partial charge in [0.2, 0.25) is 11.8 Å². The number of nitrogens with zero attached hydrogens (tertiary/aromatic N) is 2. The van der Waals surface area contributed by atoms with Crippen LogP contribution in [-0.4, -0.2) is 50.9 Å². The Bertz CT molecular complexity index is 1580. The molecule has 0 saturated heterocycles. The summed E-state index contributed by atoms with van der Waals surface area (Å²) in [5.41, 5.74) is 2.02. The van der Waals surface area contributed by atoms with Crippen LogP contribution in [0.4, 0.5) is 5.69 Å². The number of rotatable bonds is 13. The van der Waals surface area contributed by atoms with Crippen LogP contribution in [0.3, 0.4) is 0 Å². The van der Waals surface area contributed by atoms with Crippen molar-refractivity contribution < 1.29 is 22.7 Å². The van der Waals surface area contributed by atoms with Crippen molar-refractivity contribution >= 4 is 27.5 Å². The third kappa shape index (κ3) is 8.23. The maximum atomic E-state index is 14.4. The van der Waals surface area contributed by atoms with Gasteiger partial charge < -0.3 is 15.0 Å². The van der Waals surface area contributed by atoms with Crippen molar-refractivity contribution in [3.8, 4) is 5.75 Å². The molecule has 0 aliphatic carbocycles. The van der Waals surface area contributed by atoms with Gasteiger partial charge in [-0.25, -0.2) is 8.42 Å². The Morgan fingerprint density at radius 3 is 1.84 bits per heavy atom. The molecule has 8 nitrogen and oxygen atoms in total. The molecular weight excluding hydrogens is 562 g/mol. The van der Waals surface area contributed by atoms with E-state index in [1.807, 2.05) is 74.5 Å². The van der Waals surface area contributed by atoms with Crippen molar-refractivity contribution in [3.05, 3.63) is 126 Å². The number of sulfonamides is 1. The molecule has 2 amide bonds. The number of ether oxygens (including phenoxy) is 1. The summed E-state index contributed by atoms with van der Waals surface area (Å²) in [6, 6.07) is 32.3. The molecule has 0 aliphatic heterocycles. The molecule has 0 saturated carbocycles. The molecule has 1 N–H and O–H groups in total. The summed E-state index contributed by atoms with van der Waals surface area (Å²) < 4.78 is 34.3. The lowest BCUT2D eigenvalue weighted by Gasteiger charge is -2.34. The van der Waals surface area contributed by atoms with Crippen LogP contribution >= 0.6 is 0 Å². The van der Waals surface area contributed by atoms with Gasteiger partial charge >= 0.3 is 0 Å². The number of carbonyl (C=O) groups is 2. The zero-order valence-electron chi connectivity index (χ0n) is 24.6. The fraction of sp³-hybridized carbons (Fsp3) is 0.235. The molecule has 43 heavy (non-hydrogen) atoms. The molecule has 4 aromatic carbocycles. The van der Waals surface area contributed by atoms with Gasteiger partial charge in [0.1, 0.15) is 18.3 Å². The number of carbonyl (C=O) groups excluding carboxylic acids is 2. The van der Waals surface area contributed by atoms with Gasteiger partial charge in [-0.05, 0) is 61.4 Å². The highest BCUT2D eigenvalue weighted by molar-refractivity contribution is 7.92. The van der Waals surface area contributed by atoms with Crippen molar-refractivity contribution in [1.82, 2.24) is 10.2 Å². The molecule has 0 unspecified atom stereocenters. The molecule has 0 bridgehead atoms. The van der Waals surface area contributed by atoms with Gasteiger partial charge in [-0.3, -0.25) is 13.9 Å². The van der Waals surface area contributed by atoms with Gasteiger partial charge in [-0.1, -0.05) is 78.9 Å². The average Bonchev–Trinajstić information content (AvgIpc) is 3.02. The minimum Gasteiger partial charge on any atom is -0.497 e. The molecule has 1 atom stereocenters. The summed E-state index contributed by atoms with van der Waals surface area (Å²) >= 11 is 0. The van der Waals surface area contributed by atoms with E-state index in [9.17, 15) is 18.0 Å². The second-order valence-corrected chi connectivity index (χ2v) is 12.3. The highest BCUT2D eigenvalue weighted by Gasteiger charge is 2.34. The third-order valence-corrected chi connectivity index (χ3v) is 8.66. The number of hydrogen-bond acceptors (Lipinski definition) is 5. The highest BCUT2D eigenvalue weighted by atomic mass is 32.2. The van der Waals surface area contributed by atoms with Crippen LogP contribution in [0.1, 0.15) is 25.0 Å². The van der Waals surface area contributed by atoms with Crippen LogP contribution in [0.25, 0.3) is 0 Å². The number of anilines is 1. The zero-order valence-corrected chi connectivity index (χ0v) is 25.4. The molecule has 0 spiro atoms. The van der Waals surface area contributed by atoms with Crippen LogP contribution in [0.5, 0.6) is 5.75 Å². The van der Waals surface area contributed by atoms with Crippen LogP contribution in [0.15, 0.2) is 120 Å². The van der Waals surface area contributed by atoms with Crippen molar-refractivity contribution in [2.75, 3.05) is 18.0 Å². The maximum absolute atomic E-state index is 14.4. The minimum atomic E-state index is -4.17. The first kappa shape index (κ1) is 31.3. The normalized spacial score (nSPS) is 11.9. The molecular formula is C34H37N3O5S. The van der Waals surface area contributed by atoms with Gasteiger partial charge in [0.25, 0.3) is 10.0 Å². The van der Waals surface area contributed by atoms with Gasteiger partial charge in [-0.2, -0.15) is 0 Å². The van der Waals surface area contributed by atoms with Gasteiger partial charge in [0.05, 0.1) is 17.7 Å². The predicted molar refractivity (Wildman–Crippen MR) is 168 cm³/mol. The topological polar surface area (TPSA) is 96.0 Å². The standard InChI is InChI=1S/C34H37N3O5S/c1-26(2)35-34(39)32(23-27-13-7-4-8-14-27)36(24-28-15-9-5-10-16-28)33(38)25-37(29-17-11-6-12-18-29)43(40,41)31-21-19-30(42-3)20-22-31/h4-22,26,32H,23-25H2,1-3H3,(H,35,39)/t32-/m0/s1. The minimum absolute atomic E-state index is 0.0120. The lowest BCUT2D eigenvalue weighted by Crippen LogP contribution is -2.54. The third-order valence-electron chi connectivity index (χ3n) is 6.87. The fourth-order valence-corrected chi connectivity index (χ4v) is 6.13. The molecule has 0 aliphatic rings. The smallest absolute Gasteiger partial charge is 0.264 e. The van der Waals surface area contributed by atoms with E-state index >= 15 is 0 Å². The summed E-state index contributed by atoms with van der Waals surface area (Å²) in [6.07, 6.45) is 0.258. The molecule has 0 aromatic heterocycles. The van der Waals surface area contributed by atoms with E-state index in [-0.39, 0.29) is 29.8 Å². The summed E-state index contributed by atoms with van der Waals surface area (Å²) in [4.78, 5) is 29.5. The quantitative estimate of drug-likeness (QED) is 0.232. The monoisotopic (exact) mass is 599 g/mol. The Labute approximate surface area is 254 Å². The number of hydrogen-bond donors (Lipinski definition) is 1. The number of nitrogens with one attached hydrogen (secondary N) is 1. The summed E-state index contributed by atoms with van der Waals surface area (Å²) in [5, 5.41) is 2.96. The van der Waals surface area contributed by atoms with E-state index in [2.05, 4.69) is 5.32 Å². The van der Waals surface area contributed by atoms with E-state index < -0.39 is 28.5 Å². The average molecular weight is 600 g/mol. The van der Waals surface area contributed by atoms with Gasteiger partial charge in [0.15, 0.2) is 0 Å². The number of amides is 2. The summed E-state index contributed by atoms with van der Waals surface area (Å²) in [7, 11) is -2.67. The van der Waals surface area contributed by atoms with Crippen LogP contribution in [0.2, 0.25) is 0 Å². The second kappa shape index (κ2) is 14.5. The number of benzene rings is 4. The predicted octanol–water partition coefficient (Wildman–Crippen LogP) is 5.06. The molecule has 0 heterocycles. The van der Waals surface area contributed by atoms with Crippen molar-refractivity contribution in [1.29, 1.82) is 0 Å². The second-order valence-electron chi connectivity index (χ2n) is 10.4. The first-order valence-electron chi connectivity index (χ1n) is 14.1. The first-order chi connectivity index (χ1) is 20.7. The van der Waals surface area contributed by atoms with Crippen molar-refractivity contribution in [3.63, 3.8) is 0 Å². The fourth-order valence-electron chi connectivity index (χ4n) is 4.71. The number of para-hydroxylation sites is 1. The Morgan fingerprint density at radius 1 is 0.767 bits per heavy atom. The largest absolute Gasteiger partial charge is 0.497 e. The van der Waals surface area contributed by atoms with Gasteiger partial charge in [0, 0.05) is 19.0 Å². The Kier molecular flexibility index (Phi) is 10.6. The van der Waals surface area contributed by atoms with E-state index in [0.29, 0.717) is 11.4 Å². The van der Waals surface area contributed by atoms with Crippen LogP contribution < -0.4 is 14.4 Å². The maximum Gasteiger partial charge on any atom is 0.264 e. The molecule has 4 rings (SSSR count). The first-order valence-corrected chi connectivity index (χ1v) is 15.5. The Morgan fingerprint density at radius 2 is 1.30 bits per heavy atom. The summed E-state index contributed by atoms with van der Waals surface area (Å²) in [5.74, 6) is -0.313. The van der Waals surface area contributed by atoms with Crippen LogP contribution in [-0.2, 0) is 32.6 Å². The van der Waals surface area contributed by atoms with Gasteiger partial charge in [-0.15, -0.1) is 0 Å². The zero-order chi connectivity index (χ0) is 30.8. The van der Waals surface area contributed by atoms with Crippen LogP contribution in [0, 0.1) is 0 Å². The van der Waals surface area contributed by atoms with Crippen molar-refractivity contribution in [2.24, 2.45) is 0 Å².